The van der Waals surface area contributed by atoms with Crippen LogP contribution in [0.4, 0.5) is 5.69 Å². The Morgan fingerprint density at radius 1 is 1.08 bits per heavy atom. The molecule has 1 fully saturated rings. The van der Waals surface area contributed by atoms with Crippen LogP contribution in [0.25, 0.3) is 10.4 Å². The van der Waals surface area contributed by atoms with E-state index in [0.717, 1.165) is 21.8 Å². The second kappa shape index (κ2) is 10.1. The van der Waals surface area contributed by atoms with Crippen LogP contribution in [0.2, 0.25) is 10.0 Å². The average molecular weight is 545 g/mol. The van der Waals surface area contributed by atoms with Crippen LogP contribution in [0.1, 0.15) is 39.4 Å². The topological polar surface area (TPSA) is 61.9 Å². The summed E-state index contributed by atoms with van der Waals surface area (Å²) in [5, 5.41) is 4.39. The third-order valence-corrected chi connectivity index (χ3v) is 8.28. The molecule has 0 bridgehead atoms. The van der Waals surface area contributed by atoms with Crippen LogP contribution in [-0.4, -0.2) is 55.5 Å². The number of carbonyl (C=O) groups excluding carboxylic acids is 2. The van der Waals surface area contributed by atoms with E-state index in [0.29, 0.717) is 52.3 Å². The van der Waals surface area contributed by atoms with Crippen LogP contribution in [-0.2, 0) is 6.42 Å². The van der Waals surface area contributed by atoms with Gasteiger partial charge < -0.3 is 19.9 Å². The number of carbonyl (C=O) groups is 2. The number of thiophene rings is 1. The fourth-order valence-corrected chi connectivity index (χ4v) is 6.63. The van der Waals surface area contributed by atoms with E-state index in [4.69, 9.17) is 27.9 Å². The largest absolute Gasteiger partial charge is 0.493 e. The fourth-order valence-electron chi connectivity index (χ4n) is 4.89. The van der Waals surface area contributed by atoms with Crippen molar-refractivity contribution in [3.63, 3.8) is 0 Å². The molecule has 0 unspecified atom stereocenters. The molecular formula is C27H27Cl2N3O3S. The maximum atomic E-state index is 13.4. The number of fused-ring (bicyclic) bond motifs is 3. The van der Waals surface area contributed by atoms with Crippen LogP contribution in [0.15, 0.2) is 42.5 Å². The number of hydrogen-bond acceptors (Lipinski definition) is 5. The molecule has 36 heavy (non-hydrogen) atoms. The Hall–Kier alpha value is -2.58. The van der Waals surface area contributed by atoms with E-state index in [-0.39, 0.29) is 23.9 Å². The number of piperazine rings is 1. The lowest BCUT2D eigenvalue weighted by Gasteiger charge is -2.36. The molecular weight excluding hydrogens is 517 g/mol. The average Bonchev–Trinajstić information content (AvgIpc) is 3.18. The summed E-state index contributed by atoms with van der Waals surface area (Å²) in [5.41, 5.74) is 3.09. The molecule has 3 aromatic rings. The van der Waals surface area contributed by atoms with Crippen molar-refractivity contribution in [3.05, 3.63) is 68.5 Å². The Morgan fingerprint density at radius 3 is 2.56 bits per heavy atom. The van der Waals surface area contributed by atoms with E-state index in [9.17, 15) is 9.59 Å². The van der Waals surface area contributed by atoms with E-state index in [1.807, 2.05) is 29.2 Å². The first-order chi connectivity index (χ1) is 17.2. The van der Waals surface area contributed by atoms with E-state index in [1.165, 1.54) is 16.2 Å². The Balaban J connectivity index is 1.47. The van der Waals surface area contributed by atoms with Gasteiger partial charge in [0, 0.05) is 59.7 Å². The molecule has 2 aliphatic rings. The van der Waals surface area contributed by atoms with Gasteiger partial charge in [-0.05, 0) is 61.9 Å². The Kier molecular flexibility index (Phi) is 7.01. The smallest absolute Gasteiger partial charge is 0.268 e. The summed E-state index contributed by atoms with van der Waals surface area (Å²) in [7, 11) is 1.70. The first kappa shape index (κ1) is 25.1. The normalized spacial score (nSPS) is 19.1. The highest BCUT2D eigenvalue weighted by Gasteiger charge is 2.28. The van der Waals surface area contributed by atoms with Crippen molar-refractivity contribution in [2.75, 3.05) is 31.6 Å². The standard InChI is InChI=1S/C27H27Cl2N3O3S/c1-15-13-32(14-16(2)30-15)26(33)18-4-7-23-20(10-18)25-17(8-9-35-23)11-24(36-25)27(34)31(3)22-6-5-19(28)12-21(22)29/h4-7,10-12,15-16,30H,8-9,13-14H2,1-3H3/t15-,16+. The molecule has 3 heterocycles. The monoisotopic (exact) mass is 543 g/mol. The molecule has 2 atom stereocenters. The second-order valence-corrected chi connectivity index (χ2v) is 11.3. The summed E-state index contributed by atoms with van der Waals surface area (Å²) in [6.45, 7) is 6.01. The zero-order valence-electron chi connectivity index (χ0n) is 20.3. The maximum Gasteiger partial charge on any atom is 0.268 e. The number of nitrogens with one attached hydrogen (secondary N) is 1. The highest BCUT2D eigenvalue weighted by molar-refractivity contribution is 7.17. The van der Waals surface area contributed by atoms with E-state index < -0.39 is 0 Å². The molecule has 0 spiro atoms. The second-order valence-electron chi connectivity index (χ2n) is 9.41. The minimum Gasteiger partial charge on any atom is -0.493 e. The molecule has 1 saturated heterocycles. The molecule has 2 aromatic carbocycles. The molecule has 6 nitrogen and oxygen atoms in total. The van der Waals surface area contributed by atoms with Crippen molar-refractivity contribution in [2.45, 2.75) is 32.4 Å². The van der Waals surface area contributed by atoms with Gasteiger partial charge in [0.1, 0.15) is 5.75 Å². The van der Waals surface area contributed by atoms with Gasteiger partial charge in [-0.1, -0.05) is 23.2 Å². The maximum absolute atomic E-state index is 13.4. The molecule has 188 valence electrons. The van der Waals surface area contributed by atoms with Crippen molar-refractivity contribution < 1.29 is 14.3 Å². The van der Waals surface area contributed by atoms with Gasteiger partial charge in [-0.25, -0.2) is 0 Å². The number of hydrogen-bond donors (Lipinski definition) is 1. The van der Waals surface area contributed by atoms with Gasteiger partial charge in [-0.3, -0.25) is 9.59 Å². The number of amides is 2. The minimum atomic E-state index is -0.157. The first-order valence-corrected chi connectivity index (χ1v) is 13.5. The third-order valence-electron chi connectivity index (χ3n) is 6.54. The van der Waals surface area contributed by atoms with Gasteiger partial charge >= 0.3 is 0 Å². The predicted molar refractivity (Wildman–Crippen MR) is 146 cm³/mol. The number of benzene rings is 2. The zero-order valence-corrected chi connectivity index (χ0v) is 22.6. The lowest BCUT2D eigenvalue weighted by atomic mass is 10.0. The van der Waals surface area contributed by atoms with Crippen LogP contribution in [0.3, 0.4) is 0 Å². The highest BCUT2D eigenvalue weighted by Crippen LogP contribution is 2.42. The van der Waals surface area contributed by atoms with Gasteiger partial charge in [0.15, 0.2) is 0 Å². The summed E-state index contributed by atoms with van der Waals surface area (Å²) in [6, 6.07) is 13.1. The van der Waals surface area contributed by atoms with Crippen LogP contribution in [0.5, 0.6) is 5.75 Å². The van der Waals surface area contributed by atoms with Crippen molar-refractivity contribution >= 4 is 52.0 Å². The van der Waals surface area contributed by atoms with Crippen LogP contribution < -0.4 is 15.0 Å². The van der Waals surface area contributed by atoms with Gasteiger partial charge in [0.05, 0.1) is 22.2 Å². The number of rotatable bonds is 3. The molecule has 1 N–H and O–H groups in total. The molecule has 0 radical (unpaired) electrons. The Morgan fingerprint density at radius 2 is 1.83 bits per heavy atom. The van der Waals surface area contributed by atoms with E-state index >= 15 is 0 Å². The molecule has 0 aliphatic carbocycles. The number of nitrogens with zero attached hydrogens (tertiary/aromatic N) is 2. The fraction of sp³-hybridized carbons (Fsp3) is 0.333. The van der Waals surface area contributed by atoms with Crippen LogP contribution in [0, 0.1) is 0 Å². The molecule has 2 amide bonds. The quantitative estimate of drug-likeness (QED) is 0.456. The number of halogens is 2. The first-order valence-electron chi connectivity index (χ1n) is 11.9. The zero-order chi connectivity index (χ0) is 25.6. The summed E-state index contributed by atoms with van der Waals surface area (Å²) >= 11 is 13.8. The SMILES string of the molecule is C[C@@H]1CN(C(=O)c2ccc3c(c2)-c2sc(C(=O)N(C)c4ccc(Cl)cc4Cl)cc2CCO3)C[C@H](C)N1. The van der Waals surface area contributed by atoms with E-state index in [2.05, 4.69) is 19.2 Å². The summed E-state index contributed by atoms with van der Waals surface area (Å²) in [5.74, 6) is 0.576. The Labute approximate surface area is 224 Å². The summed E-state index contributed by atoms with van der Waals surface area (Å²) in [6.07, 6.45) is 0.676. The molecule has 2 aliphatic heterocycles. The summed E-state index contributed by atoms with van der Waals surface area (Å²) < 4.78 is 5.99. The van der Waals surface area contributed by atoms with Crippen molar-refractivity contribution in [1.82, 2.24) is 10.2 Å². The predicted octanol–water partition coefficient (Wildman–Crippen LogP) is 5.76. The molecule has 5 rings (SSSR count). The minimum absolute atomic E-state index is 0.00812. The molecule has 1 aromatic heterocycles. The summed E-state index contributed by atoms with van der Waals surface area (Å²) in [4.78, 5) is 31.8. The van der Waals surface area contributed by atoms with Gasteiger partial charge in [0.25, 0.3) is 11.8 Å². The van der Waals surface area contributed by atoms with Crippen molar-refractivity contribution in [3.8, 4) is 16.2 Å². The number of ether oxygens (including phenoxy) is 1. The van der Waals surface area contributed by atoms with Gasteiger partial charge in [-0.2, -0.15) is 0 Å². The van der Waals surface area contributed by atoms with Crippen molar-refractivity contribution in [1.29, 1.82) is 0 Å². The van der Waals surface area contributed by atoms with Crippen LogP contribution >= 0.6 is 34.5 Å². The van der Waals surface area contributed by atoms with Crippen molar-refractivity contribution in [2.24, 2.45) is 0 Å². The van der Waals surface area contributed by atoms with Gasteiger partial charge in [-0.15, -0.1) is 11.3 Å². The Bertz CT molecular complexity index is 1330. The number of anilines is 1. The molecule has 9 heteroatoms. The lowest BCUT2D eigenvalue weighted by Crippen LogP contribution is -2.55. The molecule has 0 saturated carbocycles. The third kappa shape index (κ3) is 4.85. The highest BCUT2D eigenvalue weighted by atomic mass is 35.5. The van der Waals surface area contributed by atoms with Gasteiger partial charge in [0.2, 0.25) is 0 Å². The lowest BCUT2D eigenvalue weighted by molar-refractivity contribution is 0.0673. The van der Waals surface area contributed by atoms with E-state index in [1.54, 1.807) is 25.2 Å².